The predicted molar refractivity (Wildman–Crippen MR) is 74.4 cm³/mol. The Hall–Kier alpha value is -1.01. The van der Waals surface area contributed by atoms with E-state index in [1.54, 1.807) is 32.9 Å². The Bertz CT molecular complexity index is 420. The lowest BCUT2D eigenvalue weighted by molar-refractivity contribution is -0.138. The highest BCUT2D eigenvalue weighted by Gasteiger charge is 2.24. The number of thioether (sulfide) groups is 1. The summed E-state index contributed by atoms with van der Waals surface area (Å²) in [5.41, 5.74) is 0. The second kappa shape index (κ2) is 6.24. The number of amides is 2. The predicted octanol–water partition coefficient (Wildman–Crippen LogP) is 1.63. The monoisotopic (exact) mass is 284 g/mol. The second-order valence-corrected chi connectivity index (χ2v) is 6.04. The molecule has 1 aliphatic heterocycles. The van der Waals surface area contributed by atoms with E-state index in [0.29, 0.717) is 24.7 Å². The van der Waals surface area contributed by atoms with Gasteiger partial charge in [-0.25, -0.2) is 0 Å². The van der Waals surface area contributed by atoms with Gasteiger partial charge in [-0.15, -0.1) is 23.1 Å². The molecule has 18 heavy (non-hydrogen) atoms. The van der Waals surface area contributed by atoms with Gasteiger partial charge in [0.2, 0.25) is 11.8 Å². The third-order valence-corrected chi connectivity index (χ3v) is 4.62. The summed E-state index contributed by atoms with van der Waals surface area (Å²) in [5.74, 6) is 1.24. The summed E-state index contributed by atoms with van der Waals surface area (Å²) in [4.78, 5) is 28.2. The first-order valence-electron chi connectivity index (χ1n) is 5.86. The van der Waals surface area contributed by atoms with E-state index in [1.165, 1.54) is 4.88 Å². The van der Waals surface area contributed by atoms with Crippen LogP contribution in [-0.2, 0) is 16.1 Å². The molecule has 1 fully saturated rings. The average molecular weight is 284 g/mol. The highest BCUT2D eigenvalue weighted by molar-refractivity contribution is 8.00. The molecular weight excluding hydrogens is 268 g/mol. The van der Waals surface area contributed by atoms with Gasteiger partial charge < -0.3 is 9.80 Å². The maximum atomic E-state index is 12.1. The van der Waals surface area contributed by atoms with Crippen LogP contribution in [0.15, 0.2) is 17.5 Å². The normalized spacial score (nSPS) is 15.2. The number of nitrogens with zero attached hydrogens (tertiary/aromatic N) is 2. The molecule has 0 N–H and O–H groups in total. The first kappa shape index (κ1) is 13.4. The number of thiophene rings is 1. The van der Waals surface area contributed by atoms with Crippen LogP contribution in [0.2, 0.25) is 0 Å². The summed E-state index contributed by atoms with van der Waals surface area (Å²) >= 11 is 3.21. The molecule has 2 heterocycles. The standard InChI is InChI=1S/C12H16N2O2S2/c1-2-13(6-10-4-3-5-18-10)11(15)7-14-9-17-8-12(14)16/h3-5H,2,6-9H2,1H3. The minimum Gasteiger partial charge on any atom is -0.336 e. The Morgan fingerprint density at radius 2 is 2.39 bits per heavy atom. The summed E-state index contributed by atoms with van der Waals surface area (Å²) in [7, 11) is 0. The van der Waals surface area contributed by atoms with Crippen LogP contribution in [0, 0.1) is 0 Å². The number of hydrogen-bond acceptors (Lipinski definition) is 4. The molecule has 0 atom stereocenters. The van der Waals surface area contributed by atoms with Crippen molar-refractivity contribution in [1.29, 1.82) is 0 Å². The third-order valence-electron chi connectivity index (χ3n) is 2.81. The summed E-state index contributed by atoms with van der Waals surface area (Å²) < 4.78 is 0. The Balaban J connectivity index is 1.91. The maximum Gasteiger partial charge on any atom is 0.242 e. The zero-order valence-electron chi connectivity index (χ0n) is 10.3. The molecule has 0 unspecified atom stereocenters. The molecule has 98 valence electrons. The minimum atomic E-state index is 0.0294. The molecule has 2 rings (SSSR count). The van der Waals surface area contributed by atoms with Crippen LogP contribution in [0.25, 0.3) is 0 Å². The van der Waals surface area contributed by atoms with Crippen molar-refractivity contribution in [1.82, 2.24) is 9.80 Å². The molecule has 1 saturated heterocycles. The second-order valence-electron chi connectivity index (χ2n) is 4.06. The van der Waals surface area contributed by atoms with Crippen molar-refractivity contribution in [2.24, 2.45) is 0 Å². The number of carbonyl (C=O) groups excluding carboxylic acids is 2. The van der Waals surface area contributed by atoms with Crippen molar-refractivity contribution in [3.8, 4) is 0 Å². The van der Waals surface area contributed by atoms with Crippen LogP contribution >= 0.6 is 23.1 Å². The lowest BCUT2D eigenvalue weighted by Gasteiger charge is -2.23. The molecule has 0 bridgehead atoms. The first-order chi connectivity index (χ1) is 8.70. The van der Waals surface area contributed by atoms with Gasteiger partial charge in [0.1, 0.15) is 6.54 Å². The minimum absolute atomic E-state index is 0.0294. The Morgan fingerprint density at radius 1 is 1.56 bits per heavy atom. The third kappa shape index (κ3) is 3.26. The van der Waals surface area contributed by atoms with E-state index in [1.807, 2.05) is 24.4 Å². The lowest BCUT2D eigenvalue weighted by atomic mass is 10.3. The molecule has 0 saturated carbocycles. The number of rotatable bonds is 5. The fraction of sp³-hybridized carbons (Fsp3) is 0.500. The van der Waals surface area contributed by atoms with Crippen molar-refractivity contribution in [3.05, 3.63) is 22.4 Å². The van der Waals surface area contributed by atoms with Crippen LogP contribution in [0.1, 0.15) is 11.8 Å². The molecule has 0 radical (unpaired) electrons. The molecule has 2 amide bonds. The molecule has 0 aliphatic carbocycles. The van der Waals surface area contributed by atoms with E-state index in [4.69, 9.17) is 0 Å². The first-order valence-corrected chi connectivity index (χ1v) is 7.90. The Labute approximate surface area is 115 Å². The number of carbonyl (C=O) groups is 2. The highest BCUT2D eigenvalue weighted by atomic mass is 32.2. The maximum absolute atomic E-state index is 12.1. The molecule has 0 aromatic carbocycles. The van der Waals surface area contributed by atoms with Crippen molar-refractivity contribution >= 4 is 34.9 Å². The van der Waals surface area contributed by atoms with Crippen LogP contribution in [-0.4, -0.2) is 46.3 Å². The number of hydrogen-bond donors (Lipinski definition) is 0. The summed E-state index contributed by atoms with van der Waals surface area (Å²) in [6, 6.07) is 4.01. The zero-order valence-corrected chi connectivity index (χ0v) is 11.9. The largest absolute Gasteiger partial charge is 0.336 e. The zero-order chi connectivity index (χ0) is 13.0. The van der Waals surface area contributed by atoms with Crippen LogP contribution in [0.3, 0.4) is 0 Å². The van der Waals surface area contributed by atoms with Crippen molar-refractivity contribution in [2.45, 2.75) is 13.5 Å². The van der Waals surface area contributed by atoms with E-state index in [-0.39, 0.29) is 18.4 Å². The van der Waals surface area contributed by atoms with Crippen LogP contribution in [0.4, 0.5) is 0 Å². The van der Waals surface area contributed by atoms with Gasteiger partial charge in [0.15, 0.2) is 0 Å². The van der Waals surface area contributed by atoms with Crippen LogP contribution in [0.5, 0.6) is 0 Å². The van der Waals surface area contributed by atoms with Gasteiger partial charge in [-0.3, -0.25) is 9.59 Å². The SMILES string of the molecule is CCN(Cc1cccs1)C(=O)CN1CSCC1=O. The number of likely N-dealkylation sites (N-methyl/N-ethyl adjacent to an activating group) is 1. The summed E-state index contributed by atoms with van der Waals surface area (Å²) in [5, 5.41) is 2.01. The average Bonchev–Trinajstić information content (AvgIpc) is 2.99. The quantitative estimate of drug-likeness (QED) is 0.825. The Kier molecular flexibility index (Phi) is 4.66. The van der Waals surface area contributed by atoms with E-state index in [2.05, 4.69) is 0 Å². The van der Waals surface area contributed by atoms with Gasteiger partial charge in [-0.2, -0.15) is 0 Å². The van der Waals surface area contributed by atoms with E-state index >= 15 is 0 Å². The van der Waals surface area contributed by atoms with Crippen molar-refractivity contribution in [3.63, 3.8) is 0 Å². The molecule has 1 aliphatic rings. The van der Waals surface area contributed by atoms with Crippen LogP contribution < -0.4 is 0 Å². The van der Waals surface area contributed by atoms with Gasteiger partial charge in [0.05, 0.1) is 18.2 Å². The molecule has 6 heteroatoms. The lowest BCUT2D eigenvalue weighted by Crippen LogP contribution is -2.40. The molecular formula is C12H16N2O2S2. The summed E-state index contributed by atoms with van der Waals surface area (Å²) in [6.07, 6.45) is 0. The fourth-order valence-electron chi connectivity index (χ4n) is 1.77. The Morgan fingerprint density at radius 3 is 2.94 bits per heavy atom. The molecule has 4 nitrogen and oxygen atoms in total. The van der Waals surface area contributed by atoms with Gasteiger partial charge in [-0.1, -0.05) is 6.07 Å². The van der Waals surface area contributed by atoms with E-state index in [9.17, 15) is 9.59 Å². The van der Waals surface area contributed by atoms with Crippen molar-refractivity contribution in [2.75, 3.05) is 24.7 Å². The van der Waals surface area contributed by atoms with Gasteiger partial charge in [-0.05, 0) is 18.4 Å². The molecule has 1 aromatic rings. The summed E-state index contributed by atoms with van der Waals surface area (Å²) in [6.45, 7) is 3.49. The molecule has 0 spiro atoms. The van der Waals surface area contributed by atoms with Crippen molar-refractivity contribution < 1.29 is 9.59 Å². The molecule has 1 aromatic heterocycles. The fourth-order valence-corrected chi connectivity index (χ4v) is 3.39. The van der Waals surface area contributed by atoms with Gasteiger partial charge in [0.25, 0.3) is 0 Å². The van der Waals surface area contributed by atoms with Gasteiger partial charge in [0, 0.05) is 11.4 Å². The smallest absolute Gasteiger partial charge is 0.242 e. The van der Waals surface area contributed by atoms with Gasteiger partial charge >= 0.3 is 0 Å². The highest BCUT2D eigenvalue weighted by Crippen LogP contribution is 2.16. The topological polar surface area (TPSA) is 40.6 Å². The van der Waals surface area contributed by atoms with E-state index < -0.39 is 0 Å². The van der Waals surface area contributed by atoms with E-state index in [0.717, 1.165) is 0 Å².